The van der Waals surface area contributed by atoms with Crippen LogP contribution in [0.25, 0.3) is 0 Å². The molecule has 9 nitrogen and oxygen atoms in total. The van der Waals surface area contributed by atoms with E-state index in [2.05, 4.69) is 21.3 Å². The third kappa shape index (κ3) is 9.03. The predicted molar refractivity (Wildman–Crippen MR) is 167 cm³/mol. The minimum absolute atomic E-state index is 0.0614. The Labute approximate surface area is 249 Å². The molecule has 42 heavy (non-hydrogen) atoms. The summed E-state index contributed by atoms with van der Waals surface area (Å²) >= 11 is 0. The molecule has 1 aliphatic carbocycles. The molecule has 3 amide bonds. The Kier molecular flexibility index (Phi) is 11.8. The van der Waals surface area contributed by atoms with E-state index < -0.39 is 18.2 Å². The molecule has 4 rings (SSSR count). The van der Waals surface area contributed by atoms with E-state index in [-0.39, 0.29) is 30.3 Å². The Bertz CT molecular complexity index is 1180. The second-order valence-electron chi connectivity index (χ2n) is 11.6. The van der Waals surface area contributed by atoms with Gasteiger partial charge >= 0.3 is 0 Å². The zero-order valence-corrected chi connectivity index (χ0v) is 25.0. The summed E-state index contributed by atoms with van der Waals surface area (Å²) in [5, 5.41) is 23.9. The highest BCUT2D eigenvalue weighted by molar-refractivity contribution is 6.00. The standard InChI is InChI=1S/C33H47N5O4/c1-3-34-27-19-25(20-28(21-27)38-17-11-10-16-31(38)40)33(42)37-29(18-24-12-6-4-7-13-24)30(39)22-35-23(2)32(41)36-26-14-8-5-9-15-26/h4,6-7,12-13,19-21,23,26,29-30,34-35,39H,3,5,8-11,14-18,22H2,1-2H3,(H,36,41)(H,37,42)/t23-,29-,30-/m0/s1. The van der Waals surface area contributed by atoms with Crippen LogP contribution in [-0.2, 0) is 16.0 Å². The van der Waals surface area contributed by atoms with Crippen LogP contribution in [0.2, 0.25) is 0 Å². The molecule has 2 aliphatic rings. The average Bonchev–Trinajstić information content (AvgIpc) is 3.00. The topological polar surface area (TPSA) is 123 Å². The molecule has 5 N–H and O–H groups in total. The van der Waals surface area contributed by atoms with Crippen LogP contribution in [0.4, 0.5) is 11.4 Å². The van der Waals surface area contributed by atoms with Gasteiger partial charge in [0.2, 0.25) is 11.8 Å². The molecule has 1 saturated heterocycles. The highest BCUT2D eigenvalue weighted by Gasteiger charge is 2.26. The van der Waals surface area contributed by atoms with E-state index >= 15 is 0 Å². The third-order valence-corrected chi connectivity index (χ3v) is 8.25. The van der Waals surface area contributed by atoms with Crippen LogP contribution in [0.5, 0.6) is 0 Å². The van der Waals surface area contributed by atoms with Gasteiger partial charge in [-0.1, -0.05) is 49.6 Å². The highest BCUT2D eigenvalue weighted by atomic mass is 16.3. The van der Waals surface area contributed by atoms with Crippen LogP contribution >= 0.6 is 0 Å². The summed E-state index contributed by atoms with van der Waals surface area (Å²) in [7, 11) is 0. The first-order valence-corrected chi connectivity index (χ1v) is 15.6. The van der Waals surface area contributed by atoms with Crippen molar-refractivity contribution < 1.29 is 19.5 Å². The summed E-state index contributed by atoms with van der Waals surface area (Å²) < 4.78 is 0. The summed E-state index contributed by atoms with van der Waals surface area (Å²) in [4.78, 5) is 40.8. The number of carbonyl (C=O) groups excluding carboxylic acids is 3. The Morgan fingerprint density at radius 3 is 2.50 bits per heavy atom. The number of hydrogen-bond donors (Lipinski definition) is 5. The third-order valence-electron chi connectivity index (χ3n) is 8.25. The molecular weight excluding hydrogens is 530 g/mol. The number of rotatable bonds is 13. The molecule has 0 aromatic heterocycles. The first-order chi connectivity index (χ1) is 20.3. The molecule has 1 aliphatic heterocycles. The Hall–Kier alpha value is -3.43. The van der Waals surface area contributed by atoms with E-state index in [0.717, 1.165) is 49.8 Å². The largest absolute Gasteiger partial charge is 0.390 e. The lowest BCUT2D eigenvalue weighted by Crippen LogP contribution is -2.53. The fourth-order valence-electron chi connectivity index (χ4n) is 5.79. The van der Waals surface area contributed by atoms with Gasteiger partial charge in [-0.2, -0.15) is 0 Å². The summed E-state index contributed by atoms with van der Waals surface area (Å²) in [5.41, 5.74) is 2.85. The zero-order chi connectivity index (χ0) is 29.9. The molecule has 0 bridgehead atoms. The quantitative estimate of drug-likeness (QED) is 0.247. The van der Waals surface area contributed by atoms with E-state index in [1.54, 1.807) is 24.0 Å². The Morgan fingerprint density at radius 2 is 1.79 bits per heavy atom. The van der Waals surface area contributed by atoms with Crippen molar-refractivity contribution in [1.29, 1.82) is 0 Å². The van der Waals surface area contributed by atoms with Gasteiger partial charge in [-0.3, -0.25) is 14.4 Å². The fraction of sp³-hybridized carbons (Fsp3) is 0.545. The lowest BCUT2D eigenvalue weighted by atomic mass is 9.95. The van der Waals surface area contributed by atoms with Crippen molar-refractivity contribution in [3.8, 4) is 0 Å². The molecule has 2 aromatic rings. The highest BCUT2D eigenvalue weighted by Crippen LogP contribution is 2.26. The first kappa shape index (κ1) is 31.5. The van der Waals surface area contributed by atoms with Crippen molar-refractivity contribution >= 4 is 29.1 Å². The van der Waals surface area contributed by atoms with Gasteiger partial charge in [0.05, 0.1) is 18.2 Å². The number of nitrogens with one attached hydrogen (secondary N) is 4. The van der Waals surface area contributed by atoms with Crippen LogP contribution in [-0.4, -0.2) is 66.7 Å². The van der Waals surface area contributed by atoms with Crippen molar-refractivity contribution in [3.63, 3.8) is 0 Å². The van der Waals surface area contributed by atoms with E-state index in [4.69, 9.17) is 0 Å². The number of piperidine rings is 1. The Balaban J connectivity index is 1.46. The second-order valence-corrected chi connectivity index (χ2v) is 11.6. The monoisotopic (exact) mass is 577 g/mol. The molecule has 9 heteroatoms. The number of anilines is 2. The predicted octanol–water partition coefficient (Wildman–Crippen LogP) is 3.76. The van der Waals surface area contributed by atoms with Gasteiger partial charge in [-0.25, -0.2) is 0 Å². The van der Waals surface area contributed by atoms with E-state index in [0.29, 0.717) is 37.2 Å². The maximum absolute atomic E-state index is 13.7. The van der Waals surface area contributed by atoms with Gasteiger partial charge in [0.15, 0.2) is 0 Å². The average molecular weight is 578 g/mol. The minimum Gasteiger partial charge on any atom is -0.390 e. The summed E-state index contributed by atoms with van der Waals surface area (Å²) in [5.74, 6) is -0.340. The number of aliphatic hydroxyl groups is 1. The molecule has 1 saturated carbocycles. The second kappa shape index (κ2) is 15.7. The smallest absolute Gasteiger partial charge is 0.251 e. The Morgan fingerprint density at radius 1 is 1.02 bits per heavy atom. The summed E-state index contributed by atoms with van der Waals surface area (Å²) in [6.07, 6.45) is 7.29. The summed E-state index contributed by atoms with van der Waals surface area (Å²) in [6.45, 7) is 5.22. The zero-order valence-electron chi connectivity index (χ0n) is 25.0. The minimum atomic E-state index is -0.945. The lowest BCUT2D eigenvalue weighted by Gasteiger charge is -2.29. The van der Waals surface area contributed by atoms with Gasteiger partial charge in [-0.05, 0) is 69.7 Å². The molecule has 228 valence electrons. The van der Waals surface area contributed by atoms with Crippen LogP contribution in [0, 0.1) is 0 Å². The van der Waals surface area contributed by atoms with Gasteiger partial charge in [0.1, 0.15) is 0 Å². The van der Waals surface area contributed by atoms with Crippen LogP contribution < -0.4 is 26.2 Å². The number of hydrogen-bond acceptors (Lipinski definition) is 6. The van der Waals surface area contributed by atoms with E-state index in [9.17, 15) is 19.5 Å². The van der Waals surface area contributed by atoms with Crippen LogP contribution in [0.1, 0.15) is 81.1 Å². The molecule has 2 aromatic carbocycles. The molecule has 0 radical (unpaired) electrons. The van der Waals surface area contributed by atoms with Crippen molar-refractivity contribution in [3.05, 3.63) is 59.7 Å². The lowest BCUT2D eigenvalue weighted by molar-refractivity contribution is -0.123. The maximum Gasteiger partial charge on any atom is 0.251 e. The first-order valence-electron chi connectivity index (χ1n) is 15.6. The van der Waals surface area contributed by atoms with Crippen LogP contribution in [0.3, 0.4) is 0 Å². The summed E-state index contributed by atoms with van der Waals surface area (Å²) in [6, 6.07) is 14.3. The van der Waals surface area contributed by atoms with Gasteiger partial charge < -0.3 is 31.3 Å². The van der Waals surface area contributed by atoms with E-state index in [1.165, 1.54) is 6.42 Å². The molecule has 1 heterocycles. The molecule has 2 fully saturated rings. The fourth-order valence-corrected chi connectivity index (χ4v) is 5.79. The molecular formula is C33H47N5O4. The number of amides is 3. The molecule has 0 unspecified atom stereocenters. The molecule has 0 spiro atoms. The maximum atomic E-state index is 13.7. The SMILES string of the molecule is CCNc1cc(C(=O)N[C@@H](Cc2ccccc2)[C@@H](O)CN[C@@H](C)C(=O)NC2CCCCC2)cc(N2CCCCC2=O)c1. The number of aliphatic hydroxyl groups excluding tert-OH is 1. The van der Waals surface area contributed by atoms with Crippen molar-refractivity contribution in [2.45, 2.75) is 95.9 Å². The number of nitrogens with zero attached hydrogens (tertiary/aromatic N) is 1. The molecule has 3 atom stereocenters. The normalized spacial score (nSPS) is 18.2. The van der Waals surface area contributed by atoms with Gasteiger partial charge in [0, 0.05) is 49.0 Å². The van der Waals surface area contributed by atoms with Crippen molar-refractivity contribution in [2.75, 3.05) is 29.9 Å². The number of benzene rings is 2. The van der Waals surface area contributed by atoms with Crippen LogP contribution in [0.15, 0.2) is 48.5 Å². The van der Waals surface area contributed by atoms with E-state index in [1.807, 2.05) is 43.3 Å². The van der Waals surface area contributed by atoms with Gasteiger partial charge in [0.25, 0.3) is 5.91 Å². The number of carbonyl (C=O) groups is 3. The van der Waals surface area contributed by atoms with Crippen molar-refractivity contribution in [2.24, 2.45) is 0 Å². The van der Waals surface area contributed by atoms with Gasteiger partial charge in [-0.15, -0.1) is 0 Å². The van der Waals surface area contributed by atoms with Crippen molar-refractivity contribution in [1.82, 2.24) is 16.0 Å².